The molecule has 3 heterocycles. The van der Waals surface area contributed by atoms with Crippen molar-refractivity contribution in [2.24, 2.45) is 0 Å². The first-order valence-corrected chi connectivity index (χ1v) is 8.80. The number of fused-ring (bicyclic) bond motifs is 1. The number of aliphatic hydroxyl groups is 1. The Bertz CT molecular complexity index is 654. The number of aliphatic hydroxyl groups excluding tert-OH is 1. The Hall–Kier alpha value is -1.96. The Morgan fingerprint density at radius 1 is 1.12 bits per heavy atom. The summed E-state index contributed by atoms with van der Waals surface area (Å²) in [5, 5.41) is 18.3. The van der Waals surface area contributed by atoms with Crippen LogP contribution in [0, 0.1) is 0 Å². The van der Waals surface area contributed by atoms with Gasteiger partial charge in [-0.15, -0.1) is 10.2 Å². The second-order valence-corrected chi connectivity index (χ2v) is 6.99. The molecular weight excluding hydrogens is 310 g/mol. The highest BCUT2D eigenvalue weighted by molar-refractivity contribution is 5.87. The number of rotatable bonds is 3. The molecule has 1 unspecified atom stereocenters. The molecule has 3 aliphatic rings. The molecule has 0 spiro atoms. The van der Waals surface area contributed by atoms with E-state index in [4.69, 9.17) is 0 Å². The zero-order valence-electron chi connectivity index (χ0n) is 13.7. The van der Waals surface area contributed by atoms with Crippen molar-refractivity contribution in [2.45, 2.75) is 57.2 Å². The standard InChI is InChI=1S/C16H23N5O3/c22-12-3-1-2-6-20(16(12)24)10-14(23)19-7-8-21-13(9-19)17-18-15(21)11-4-5-11/h11-12,22H,1-10H2. The van der Waals surface area contributed by atoms with Crippen LogP contribution < -0.4 is 0 Å². The minimum Gasteiger partial charge on any atom is -0.383 e. The van der Waals surface area contributed by atoms with Crippen LogP contribution in [0.4, 0.5) is 0 Å². The van der Waals surface area contributed by atoms with Crippen LogP contribution in [-0.4, -0.2) is 67.2 Å². The van der Waals surface area contributed by atoms with Gasteiger partial charge in [0, 0.05) is 25.6 Å². The minimum absolute atomic E-state index is 0.0412. The van der Waals surface area contributed by atoms with Crippen molar-refractivity contribution in [3.05, 3.63) is 11.6 Å². The summed E-state index contributed by atoms with van der Waals surface area (Å²) < 4.78 is 2.14. The van der Waals surface area contributed by atoms with Crippen molar-refractivity contribution in [2.75, 3.05) is 19.6 Å². The van der Waals surface area contributed by atoms with Gasteiger partial charge in [0.1, 0.15) is 11.9 Å². The van der Waals surface area contributed by atoms with Gasteiger partial charge in [0.05, 0.1) is 13.1 Å². The van der Waals surface area contributed by atoms with E-state index in [1.165, 1.54) is 17.7 Å². The zero-order valence-corrected chi connectivity index (χ0v) is 13.7. The monoisotopic (exact) mass is 333 g/mol. The Morgan fingerprint density at radius 2 is 1.96 bits per heavy atom. The topological polar surface area (TPSA) is 91.6 Å². The van der Waals surface area contributed by atoms with Gasteiger partial charge in [-0.25, -0.2) is 0 Å². The van der Waals surface area contributed by atoms with E-state index in [-0.39, 0.29) is 18.4 Å². The van der Waals surface area contributed by atoms with Gasteiger partial charge in [-0.3, -0.25) is 9.59 Å². The van der Waals surface area contributed by atoms with Crippen molar-refractivity contribution in [1.82, 2.24) is 24.6 Å². The Balaban J connectivity index is 1.40. The maximum absolute atomic E-state index is 12.6. The summed E-state index contributed by atoms with van der Waals surface area (Å²) >= 11 is 0. The third kappa shape index (κ3) is 2.90. The molecule has 2 amide bonds. The lowest BCUT2D eigenvalue weighted by Gasteiger charge is -2.30. The van der Waals surface area contributed by atoms with E-state index in [9.17, 15) is 14.7 Å². The number of nitrogens with zero attached hydrogens (tertiary/aromatic N) is 5. The number of carbonyl (C=O) groups is 2. The molecule has 1 saturated carbocycles. The Kier molecular flexibility index (Phi) is 3.99. The van der Waals surface area contributed by atoms with E-state index in [1.54, 1.807) is 4.90 Å². The average molecular weight is 333 g/mol. The molecule has 2 aliphatic heterocycles. The summed E-state index contributed by atoms with van der Waals surface area (Å²) in [6.07, 6.45) is 3.52. The van der Waals surface area contributed by atoms with Gasteiger partial charge in [0.25, 0.3) is 5.91 Å². The molecule has 0 bridgehead atoms. The first kappa shape index (κ1) is 15.6. The molecule has 24 heavy (non-hydrogen) atoms. The van der Waals surface area contributed by atoms with Gasteiger partial charge in [0.15, 0.2) is 5.82 Å². The first-order valence-electron chi connectivity index (χ1n) is 8.80. The molecule has 1 saturated heterocycles. The Labute approximate surface area is 140 Å². The maximum Gasteiger partial charge on any atom is 0.251 e. The summed E-state index contributed by atoms with van der Waals surface area (Å²) in [7, 11) is 0. The molecule has 8 nitrogen and oxygen atoms in total. The SMILES string of the molecule is O=C(CN1CCCCC(O)C1=O)N1CCn2c(nnc2C2CC2)C1. The van der Waals surface area contributed by atoms with Crippen molar-refractivity contribution in [3.8, 4) is 0 Å². The fraction of sp³-hybridized carbons (Fsp3) is 0.750. The van der Waals surface area contributed by atoms with Crippen molar-refractivity contribution in [3.63, 3.8) is 0 Å². The van der Waals surface area contributed by atoms with Crippen molar-refractivity contribution >= 4 is 11.8 Å². The van der Waals surface area contributed by atoms with E-state index in [0.717, 1.165) is 31.0 Å². The maximum atomic E-state index is 12.6. The number of carbonyl (C=O) groups excluding carboxylic acids is 2. The van der Waals surface area contributed by atoms with Crippen LogP contribution in [-0.2, 0) is 22.7 Å². The molecule has 1 N–H and O–H groups in total. The number of amides is 2. The predicted octanol–water partition coefficient (Wildman–Crippen LogP) is -0.129. The molecule has 4 rings (SSSR count). The Morgan fingerprint density at radius 3 is 2.75 bits per heavy atom. The highest BCUT2D eigenvalue weighted by atomic mass is 16.3. The molecule has 0 radical (unpaired) electrons. The third-order valence-electron chi connectivity index (χ3n) is 5.16. The fourth-order valence-corrected chi connectivity index (χ4v) is 3.54. The van der Waals surface area contributed by atoms with Crippen LogP contribution in [0.1, 0.15) is 49.7 Å². The molecule has 1 atom stereocenters. The summed E-state index contributed by atoms with van der Waals surface area (Å²) in [5.41, 5.74) is 0. The fourth-order valence-electron chi connectivity index (χ4n) is 3.54. The van der Waals surface area contributed by atoms with Gasteiger partial charge in [-0.2, -0.15) is 0 Å². The highest BCUT2D eigenvalue weighted by Gasteiger charge is 2.34. The van der Waals surface area contributed by atoms with Crippen LogP contribution >= 0.6 is 0 Å². The third-order valence-corrected chi connectivity index (χ3v) is 5.16. The van der Waals surface area contributed by atoms with E-state index in [1.807, 2.05) is 0 Å². The number of aromatic nitrogens is 3. The number of hydrogen-bond donors (Lipinski definition) is 1. The average Bonchev–Trinajstić information content (AvgIpc) is 3.36. The number of hydrogen-bond acceptors (Lipinski definition) is 5. The second-order valence-electron chi connectivity index (χ2n) is 6.99. The van der Waals surface area contributed by atoms with Gasteiger partial charge in [0.2, 0.25) is 5.91 Å². The van der Waals surface area contributed by atoms with Crippen LogP contribution in [0.2, 0.25) is 0 Å². The smallest absolute Gasteiger partial charge is 0.251 e. The molecule has 130 valence electrons. The predicted molar refractivity (Wildman–Crippen MR) is 83.9 cm³/mol. The summed E-state index contributed by atoms with van der Waals surface area (Å²) in [5.74, 6) is 2.03. The van der Waals surface area contributed by atoms with Gasteiger partial charge in [-0.05, 0) is 32.1 Å². The molecule has 0 aromatic carbocycles. The highest BCUT2D eigenvalue weighted by Crippen LogP contribution is 2.39. The lowest BCUT2D eigenvalue weighted by Crippen LogP contribution is -2.47. The molecule has 8 heteroatoms. The van der Waals surface area contributed by atoms with Crippen molar-refractivity contribution in [1.29, 1.82) is 0 Å². The van der Waals surface area contributed by atoms with Gasteiger partial charge < -0.3 is 19.5 Å². The quantitative estimate of drug-likeness (QED) is 0.832. The van der Waals surface area contributed by atoms with E-state index in [2.05, 4.69) is 14.8 Å². The molecule has 2 fully saturated rings. The lowest BCUT2D eigenvalue weighted by atomic mass is 10.2. The zero-order chi connectivity index (χ0) is 16.7. The summed E-state index contributed by atoms with van der Waals surface area (Å²) in [6, 6.07) is 0. The minimum atomic E-state index is -0.967. The van der Waals surface area contributed by atoms with Crippen LogP contribution in [0.3, 0.4) is 0 Å². The second kappa shape index (κ2) is 6.16. The van der Waals surface area contributed by atoms with Crippen LogP contribution in [0.25, 0.3) is 0 Å². The normalized spacial score (nSPS) is 24.7. The summed E-state index contributed by atoms with van der Waals surface area (Å²) in [6.45, 7) is 2.37. The van der Waals surface area contributed by atoms with Crippen LogP contribution in [0.5, 0.6) is 0 Å². The lowest BCUT2D eigenvalue weighted by molar-refractivity contribution is -0.145. The molecule has 1 aliphatic carbocycles. The molecule has 1 aromatic rings. The molecular formula is C16H23N5O3. The van der Waals surface area contributed by atoms with E-state index >= 15 is 0 Å². The number of likely N-dealkylation sites (tertiary alicyclic amines) is 1. The first-order chi connectivity index (χ1) is 11.6. The van der Waals surface area contributed by atoms with E-state index in [0.29, 0.717) is 32.0 Å². The largest absolute Gasteiger partial charge is 0.383 e. The van der Waals surface area contributed by atoms with Gasteiger partial charge >= 0.3 is 0 Å². The van der Waals surface area contributed by atoms with Crippen LogP contribution in [0.15, 0.2) is 0 Å². The summed E-state index contributed by atoms with van der Waals surface area (Å²) in [4.78, 5) is 27.9. The molecule has 1 aromatic heterocycles. The van der Waals surface area contributed by atoms with Crippen molar-refractivity contribution < 1.29 is 14.7 Å². The van der Waals surface area contributed by atoms with E-state index < -0.39 is 6.10 Å². The van der Waals surface area contributed by atoms with Gasteiger partial charge in [-0.1, -0.05) is 0 Å².